The molecule has 0 N–H and O–H groups in total. The van der Waals surface area contributed by atoms with Crippen LogP contribution in [0.15, 0.2) is 24.5 Å². The Labute approximate surface area is 94.0 Å². The predicted molar refractivity (Wildman–Crippen MR) is 54.3 cm³/mol. The van der Waals surface area contributed by atoms with E-state index in [1.807, 2.05) is 0 Å². The molecule has 0 aliphatic carbocycles. The minimum absolute atomic E-state index is 0.317. The summed E-state index contributed by atoms with van der Waals surface area (Å²) in [4.78, 5) is 19.4. The zero-order valence-corrected chi connectivity index (χ0v) is 8.20. The maximum atomic E-state index is 10.4. The second kappa shape index (κ2) is 4.04. The smallest absolute Gasteiger partial charge is 0.358 e. The van der Waals surface area contributed by atoms with Gasteiger partial charge in [-0.25, -0.2) is 9.19 Å². The maximum absolute atomic E-state index is 10.4. The van der Waals surface area contributed by atoms with Crippen LogP contribution in [0.25, 0.3) is 0 Å². The zero-order chi connectivity index (χ0) is 12.4. The van der Waals surface area contributed by atoms with Gasteiger partial charge in [0, 0.05) is 22.6 Å². The summed E-state index contributed by atoms with van der Waals surface area (Å²) < 4.78 is 2.27. The summed E-state index contributed by atoms with van der Waals surface area (Å²) in [6, 6.07) is 2.41. The third-order valence-corrected chi connectivity index (χ3v) is 1.80. The fraction of sp³-hybridized carbons (Fsp3) is 0. The van der Waals surface area contributed by atoms with Gasteiger partial charge in [-0.2, -0.15) is 0 Å². The Morgan fingerprint density at radius 2 is 1.41 bits per heavy atom. The zero-order valence-electron chi connectivity index (χ0n) is 8.20. The van der Waals surface area contributed by atoms with Crippen LogP contribution in [0.3, 0.4) is 0 Å². The molecule has 2 aromatic heterocycles. The standard InChI is InChI=1S/C6H4BN6O4/c14-12(15)5-1-3-10(8-5)7-11-4-2-6(9-11)13(16)17/h1-4H. The molecule has 0 bridgehead atoms. The molecule has 17 heavy (non-hydrogen) atoms. The molecule has 0 saturated heterocycles. The van der Waals surface area contributed by atoms with Gasteiger partial charge < -0.3 is 20.2 Å². The van der Waals surface area contributed by atoms with Crippen LogP contribution in [0.1, 0.15) is 0 Å². The van der Waals surface area contributed by atoms with E-state index >= 15 is 0 Å². The van der Waals surface area contributed by atoms with Crippen LogP contribution >= 0.6 is 0 Å². The van der Waals surface area contributed by atoms with Gasteiger partial charge >= 0.3 is 19.2 Å². The van der Waals surface area contributed by atoms with Crippen LogP contribution in [0.2, 0.25) is 0 Å². The van der Waals surface area contributed by atoms with E-state index in [4.69, 9.17) is 0 Å². The lowest BCUT2D eigenvalue weighted by Gasteiger charge is -1.88. The van der Waals surface area contributed by atoms with Crippen LogP contribution in [-0.4, -0.2) is 36.8 Å². The summed E-state index contributed by atoms with van der Waals surface area (Å²) in [6.45, 7) is 0. The van der Waals surface area contributed by atoms with E-state index in [1.54, 1.807) is 0 Å². The monoisotopic (exact) mass is 235 g/mol. The first-order valence-corrected chi connectivity index (χ1v) is 4.30. The fourth-order valence-corrected chi connectivity index (χ4v) is 1.10. The van der Waals surface area contributed by atoms with E-state index in [2.05, 4.69) is 10.2 Å². The van der Waals surface area contributed by atoms with E-state index < -0.39 is 9.85 Å². The second-order valence-corrected chi connectivity index (χ2v) is 2.94. The van der Waals surface area contributed by atoms with Crippen LogP contribution < -0.4 is 0 Å². The minimum Gasteiger partial charge on any atom is -0.358 e. The summed E-state index contributed by atoms with van der Waals surface area (Å²) in [5.74, 6) is -0.634. The Morgan fingerprint density at radius 1 is 1.00 bits per heavy atom. The maximum Gasteiger partial charge on any atom is 0.496 e. The van der Waals surface area contributed by atoms with Crippen molar-refractivity contribution in [3.63, 3.8) is 0 Å². The summed E-state index contributed by atoms with van der Waals surface area (Å²) >= 11 is 0. The van der Waals surface area contributed by atoms with Crippen LogP contribution in [-0.2, 0) is 0 Å². The van der Waals surface area contributed by atoms with Crippen molar-refractivity contribution in [2.24, 2.45) is 0 Å². The predicted octanol–water partition coefficient (Wildman–Crippen LogP) is -0.173. The van der Waals surface area contributed by atoms with Gasteiger partial charge in [-0.15, -0.1) is 0 Å². The van der Waals surface area contributed by atoms with Crippen molar-refractivity contribution < 1.29 is 9.85 Å². The van der Waals surface area contributed by atoms with Crippen molar-refractivity contribution in [3.8, 4) is 0 Å². The van der Waals surface area contributed by atoms with Crippen molar-refractivity contribution in [2.45, 2.75) is 0 Å². The van der Waals surface area contributed by atoms with Crippen LogP contribution in [0, 0.1) is 20.2 Å². The average Bonchev–Trinajstić information content (AvgIpc) is 2.87. The third kappa shape index (κ3) is 2.27. The molecule has 0 fully saturated rings. The lowest BCUT2D eigenvalue weighted by molar-refractivity contribution is -0.389. The molecule has 0 unspecified atom stereocenters. The minimum atomic E-state index is -0.643. The summed E-state index contributed by atoms with van der Waals surface area (Å²) in [5.41, 5.74) is 0. The number of aromatic nitrogens is 4. The van der Waals surface area contributed by atoms with Gasteiger partial charge in [0.2, 0.25) is 0 Å². The first-order valence-electron chi connectivity index (χ1n) is 4.30. The molecule has 85 valence electrons. The van der Waals surface area contributed by atoms with Gasteiger partial charge in [-0.1, -0.05) is 0 Å². The van der Waals surface area contributed by atoms with Crippen LogP contribution in [0.4, 0.5) is 11.6 Å². The number of hydrogen-bond acceptors (Lipinski definition) is 6. The number of nitro groups is 2. The van der Waals surface area contributed by atoms with Gasteiger partial charge in [0.25, 0.3) is 0 Å². The Bertz CT molecular complexity index is 526. The number of rotatable bonds is 4. The van der Waals surface area contributed by atoms with Gasteiger partial charge in [0.15, 0.2) is 0 Å². The van der Waals surface area contributed by atoms with Gasteiger partial charge in [-0.05, 0) is 9.85 Å². The molecule has 0 atom stereocenters. The summed E-state index contributed by atoms with van der Waals surface area (Å²) in [7, 11) is 1.26. The van der Waals surface area contributed by atoms with Crippen molar-refractivity contribution in [3.05, 3.63) is 44.8 Å². The second-order valence-electron chi connectivity index (χ2n) is 2.94. The van der Waals surface area contributed by atoms with E-state index in [0.717, 1.165) is 9.19 Å². The molecule has 0 spiro atoms. The fourth-order valence-electron chi connectivity index (χ4n) is 1.10. The van der Waals surface area contributed by atoms with Crippen molar-refractivity contribution >= 4 is 19.2 Å². The molecule has 2 aromatic rings. The molecule has 11 heteroatoms. The number of hydrogen-bond donors (Lipinski definition) is 0. The Kier molecular flexibility index (Phi) is 2.56. The first-order chi connectivity index (χ1) is 8.06. The lowest BCUT2D eigenvalue weighted by Crippen LogP contribution is -2.18. The molecule has 0 aliphatic rings. The lowest BCUT2D eigenvalue weighted by atomic mass is 10.2. The van der Waals surface area contributed by atoms with E-state index in [9.17, 15) is 20.2 Å². The molecule has 2 rings (SSSR count). The highest BCUT2D eigenvalue weighted by molar-refractivity contribution is 6.30. The quantitative estimate of drug-likeness (QED) is 0.411. The Balaban J connectivity index is 2.13. The topological polar surface area (TPSA) is 122 Å². The summed E-state index contributed by atoms with van der Waals surface area (Å²) in [5, 5.41) is 27.9. The summed E-state index contributed by atoms with van der Waals surface area (Å²) in [6.07, 6.45) is 2.68. The highest BCUT2D eigenvalue weighted by atomic mass is 16.6. The molecule has 1 radical (unpaired) electrons. The Hall–Kier alpha value is -2.72. The molecule has 0 aromatic carbocycles. The van der Waals surface area contributed by atoms with E-state index in [0.29, 0.717) is 0 Å². The third-order valence-electron chi connectivity index (χ3n) is 1.80. The molecule has 10 nitrogen and oxygen atoms in total. The SMILES string of the molecule is O=[N+]([O-])c1ccn([B]n2ccc([N+](=O)[O-])n2)n1. The molecule has 0 saturated carbocycles. The van der Waals surface area contributed by atoms with Gasteiger partial charge in [0.1, 0.15) is 0 Å². The molecule has 2 heterocycles. The van der Waals surface area contributed by atoms with E-state index in [-0.39, 0.29) is 11.6 Å². The molecule has 0 aliphatic heterocycles. The normalized spacial score (nSPS) is 10.1. The molecule has 0 amide bonds. The molecular weight excluding hydrogens is 231 g/mol. The van der Waals surface area contributed by atoms with E-state index in [1.165, 1.54) is 32.1 Å². The van der Waals surface area contributed by atoms with Crippen molar-refractivity contribution in [1.29, 1.82) is 0 Å². The molecular formula is C6H4BN6O4. The average molecular weight is 235 g/mol. The van der Waals surface area contributed by atoms with Crippen molar-refractivity contribution in [1.82, 2.24) is 19.4 Å². The number of nitrogens with zero attached hydrogens (tertiary/aromatic N) is 6. The highest BCUT2D eigenvalue weighted by Crippen LogP contribution is 2.06. The first kappa shape index (κ1) is 10.8. The van der Waals surface area contributed by atoms with Gasteiger partial charge in [-0.3, -0.25) is 0 Å². The largest absolute Gasteiger partial charge is 0.496 e. The van der Waals surface area contributed by atoms with Crippen LogP contribution in [0.5, 0.6) is 0 Å². The Morgan fingerprint density at radius 3 is 1.71 bits per heavy atom. The highest BCUT2D eigenvalue weighted by Gasteiger charge is 2.17. The van der Waals surface area contributed by atoms with Gasteiger partial charge in [0.05, 0.1) is 12.1 Å². The van der Waals surface area contributed by atoms with Crippen molar-refractivity contribution in [2.75, 3.05) is 0 Å².